The molecule has 0 saturated heterocycles. The van der Waals surface area contributed by atoms with Gasteiger partial charge in [-0.25, -0.2) is 8.42 Å². The Morgan fingerprint density at radius 1 is 1.04 bits per heavy atom. The van der Waals surface area contributed by atoms with Gasteiger partial charge in [-0.15, -0.1) is 0 Å². The molecule has 0 bridgehead atoms. The van der Waals surface area contributed by atoms with Crippen LogP contribution in [0.4, 0.5) is 5.69 Å². The molecule has 2 aromatic rings. The van der Waals surface area contributed by atoms with E-state index in [1.807, 2.05) is 24.3 Å². The Morgan fingerprint density at radius 2 is 1.67 bits per heavy atom. The topological polar surface area (TPSA) is 95.6 Å². The van der Waals surface area contributed by atoms with Crippen LogP contribution in [-0.4, -0.2) is 37.6 Å². The van der Waals surface area contributed by atoms with Crippen molar-refractivity contribution in [1.29, 1.82) is 0 Å². The van der Waals surface area contributed by atoms with Crippen LogP contribution in [0.15, 0.2) is 53.4 Å². The summed E-state index contributed by atoms with van der Waals surface area (Å²) < 4.78 is 27.7. The summed E-state index contributed by atoms with van der Waals surface area (Å²) in [4.78, 5) is 23.6. The fourth-order valence-electron chi connectivity index (χ4n) is 3.19. The van der Waals surface area contributed by atoms with E-state index in [0.717, 1.165) is 11.1 Å². The highest BCUT2D eigenvalue weighted by molar-refractivity contribution is 7.89. The Labute approximate surface area is 158 Å². The molecule has 1 aliphatic rings. The van der Waals surface area contributed by atoms with Gasteiger partial charge < -0.3 is 10.6 Å². The third-order valence-corrected chi connectivity index (χ3v) is 6.40. The zero-order chi connectivity index (χ0) is 19.6. The monoisotopic (exact) mass is 387 g/mol. The Hall–Kier alpha value is -2.71. The summed E-state index contributed by atoms with van der Waals surface area (Å²) in [5.74, 6) is -0.583. The summed E-state index contributed by atoms with van der Waals surface area (Å²) in [5, 5.41) is 5.16. The van der Waals surface area contributed by atoms with Crippen molar-refractivity contribution in [2.75, 3.05) is 12.4 Å². The van der Waals surface area contributed by atoms with Gasteiger partial charge in [0.2, 0.25) is 21.8 Å². The zero-order valence-corrected chi connectivity index (χ0v) is 15.9. The molecule has 0 radical (unpaired) electrons. The van der Waals surface area contributed by atoms with E-state index in [0.29, 0.717) is 12.1 Å². The van der Waals surface area contributed by atoms with E-state index in [2.05, 4.69) is 10.6 Å². The molecule has 1 heterocycles. The highest BCUT2D eigenvalue weighted by Gasteiger charge is 2.39. The Bertz CT molecular complexity index is 971. The van der Waals surface area contributed by atoms with Crippen LogP contribution >= 0.6 is 0 Å². The Kier molecular flexibility index (Phi) is 5.29. The molecule has 7 nitrogen and oxygen atoms in total. The summed E-state index contributed by atoms with van der Waals surface area (Å²) in [6.07, 6.45) is 0.319. The first kappa shape index (κ1) is 19.1. The first-order chi connectivity index (χ1) is 12.8. The number of fused-ring (bicyclic) bond motifs is 1. The maximum atomic E-state index is 13.2. The second-order valence-corrected chi connectivity index (χ2v) is 8.25. The van der Waals surface area contributed by atoms with Gasteiger partial charge in [-0.1, -0.05) is 24.3 Å². The number of amides is 2. The van der Waals surface area contributed by atoms with Crippen LogP contribution in [0.5, 0.6) is 0 Å². The van der Waals surface area contributed by atoms with E-state index in [4.69, 9.17) is 0 Å². The van der Waals surface area contributed by atoms with Gasteiger partial charge in [0.05, 0.1) is 4.90 Å². The molecule has 2 aromatic carbocycles. The number of hydrogen-bond donors (Lipinski definition) is 2. The van der Waals surface area contributed by atoms with E-state index >= 15 is 0 Å². The summed E-state index contributed by atoms with van der Waals surface area (Å²) in [5.41, 5.74) is 2.36. The number of rotatable bonds is 4. The number of benzene rings is 2. The van der Waals surface area contributed by atoms with Gasteiger partial charge in [-0.3, -0.25) is 9.59 Å². The highest BCUT2D eigenvalue weighted by Crippen LogP contribution is 2.29. The van der Waals surface area contributed by atoms with Crippen molar-refractivity contribution in [1.82, 2.24) is 9.62 Å². The average molecular weight is 387 g/mol. The van der Waals surface area contributed by atoms with Gasteiger partial charge in [0, 0.05) is 26.2 Å². The maximum Gasteiger partial charge on any atom is 0.244 e. The number of anilines is 1. The molecule has 1 aliphatic heterocycles. The molecule has 142 valence electrons. The molecular weight excluding hydrogens is 366 g/mol. The van der Waals surface area contributed by atoms with Crippen LogP contribution in [0.25, 0.3) is 0 Å². The second-order valence-electron chi connectivity index (χ2n) is 6.36. The maximum absolute atomic E-state index is 13.2. The van der Waals surface area contributed by atoms with Crippen molar-refractivity contribution in [3.8, 4) is 0 Å². The predicted octanol–water partition coefficient (Wildman–Crippen LogP) is 1.51. The first-order valence-corrected chi connectivity index (χ1v) is 9.95. The third-order valence-electron chi connectivity index (χ3n) is 4.54. The molecule has 0 spiro atoms. The van der Waals surface area contributed by atoms with E-state index in [1.54, 1.807) is 0 Å². The molecule has 0 aromatic heterocycles. The smallest absolute Gasteiger partial charge is 0.244 e. The second kappa shape index (κ2) is 7.50. The molecular formula is C19H21N3O4S. The van der Waals surface area contributed by atoms with E-state index in [9.17, 15) is 18.0 Å². The lowest BCUT2D eigenvalue weighted by Crippen LogP contribution is -2.51. The normalized spacial score (nSPS) is 17.0. The number of carbonyl (C=O) groups excluding carboxylic acids is 2. The SMILES string of the molecule is CNC(=O)C1Cc2ccccc2CN1S(=O)(=O)c1ccc(NC(C)=O)cc1. The number of nitrogens with one attached hydrogen (secondary N) is 2. The highest BCUT2D eigenvalue weighted by atomic mass is 32.2. The molecule has 2 N–H and O–H groups in total. The van der Waals surface area contributed by atoms with E-state index < -0.39 is 16.1 Å². The fraction of sp³-hybridized carbons (Fsp3) is 0.263. The number of carbonyl (C=O) groups is 2. The van der Waals surface area contributed by atoms with Crippen LogP contribution < -0.4 is 10.6 Å². The van der Waals surface area contributed by atoms with Crippen molar-refractivity contribution < 1.29 is 18.0 Å². The van der Waals surface area contributed by atoms with Crippen LogP contribution in [0.2, 0.25) is 0 Å². The van der Waals surface area contributed by atoms with Gasteiger partial charge in [-0.05, 0) is 41.8 Å². The summed E-state index contributed by atoms with van der Waals surface area (Å²) in [7, 11) is -2.40. The van der Waals surface area contributed by atoms with Gasteiger partial charge >= 0.3 is 0 Å². The molecule has 8 heteroatoms. The number of hydrogen-bond acceptors (Lipinski definition) is 4. The molecule has 0 aliphatic carbocycles. The fourth-order valence-corrected chi connectivity index (χ4v) is 4.76. The minimum atomic E-state index is -3.89. The first-order valence-electron chi connectivity index (χ1n) is 8.51. The lowest BCUT2D eigenvalue weighted by atomic mass is 9.95. The molecule has 0 saturated carbocycles. The van der Waals surface area contributed by atoms with Gasteiger partial charge in [0.25, 0.3) is 0 Å². The van der Waals surface area contributed by atoms with E-state index in [1.165, 1.54) is 42.5 Å². The minimum Gasteiger partial charge on any atom is -0.358 e. The average Bonchev–Trinajstić information content (AvgIpc) is 2.66. The van der Waals surface area contributed by atoms with Crippen molar-refractivity contribution in [3.05, 3.63) is 59.7 Å². The van der Waals surface area contributed by atoms with Crippen molar-refractivity contribution in [3.63, 3.8) is 0 Å². The van der Waals surface area contributed by atoms with Gasteiger partial charge in [0.15, 0.2) is 0 Å². The largest absolute Gasteiger partial charge is 0.358 e. The quantitative estimate of drug-likeness (QED) is 0.831. The molecule has 27 heavy (non-hydrogen) atoms. The van der Waals surface area contributed by atoms with Crippen molar-refractivity contribution in [2.24, 2.45) is 0 Å². The lowest BCUT2D eigenvalue weighted by Gasteiger charge is -2.34. The molecule has 3 rings (SSSR count). The van der Waals surface area contributed by atoms with Crippen LogP contribution in [0.1, 0.15) is 18.1 Å². The lowest BCUT2D eigenvalue weighted by molar-refractivity contribution is -0.124. The molecule has 1 unspecified atom stereocenters. The van der Waals surface area contributed by atoms with Gasteiger partial charge in [0.1, 0.15) is 6.04 Å². The summed E-state index contributed by atoms with van der Waals surface area (Å²) in [6, 6.07) is 12.6. The number of sulfonamides is 1. The van der Waals surface area contributed by atoms with Crippen LogP contribution in [0.3, 0.4) is 0 Å². The Morgan fingerprint density at radius 3 is 2.26 bits per heavy atom. The minimum absolute atomic E-state index is 0.0740. The zero-order valence-electron chi connectivity index (χ0n) is 15.1. The Balaban J connectivity index is 1.97. The van der Waals surface area contributed by atoms with E-state index in [-0.39, 0.29) is 23.3 Å². The van der Waals surface area contributed by atoms with Crippen molar-refractivity contribution >= 4 is 27.5 Å². The van der Waals surface area contributed by atoms with Crippen LogP contribution in [0, 0.1) is 0 Å². The number of nitrogens with zero attached hydrogens (tertiary/aromatic N) is 1. The third kappa shape index (κ3) is 3.86. The standard InChI is InChI=1S/C19H21N3O4S/c1-13(23)21-16-7-9-17(10-8-16)27(25,26)22-12-15-6-4-3-5-14(15)11-18(22)19(24)20-2/h3-10,18H,11-12H2,1-2H3,(H,20,24)(H,21,23). The van der Waals surface area contributed by atoms with Crippen LogP contribution in [-0.2, 0) is 32.6 Å². The predicted molar refractivity (Wildman–Crippen MR) is 101 cm³/mol. The summed E-state index contributed by atoms with van der Waals surface area (Å²) in [6.45, 7) is 1.51. The molecule has 2 amide bonds. The van der Waals surface area contributed by atoms with Gasteiger partial charge in [-0.2, -0.15) is 4.31 Å². The molecule has 1 atom stereocenters. The summed E-state index contributed by atoms with van der Waals surface area (Å²) >= 11 is 0. The van der Waals surface area contributed by atoms with Crippen molar-refractivity contribution in [2.45, 2.75) is 30.8 Å². The molecule has 0 fully saturated rings. The number of likely N-dealkylation sites (N-methyl/N-ethyl adjacent to an activating group) is 1.